The van der Waals surface area contributed by atoms with Gasteiger partial charge in [-0.2, -0.15) is 0 Å². The number of hydrogen-bond donors (Lipinski definition) is 1. The van der Waals surface area contributed by atoms with Gasteiger partial charge < -0.3 is 19.7 Å². The third-order valence-electron chi connectivity index (χ3n) is 5.53. The van der Waals surface area contributed by atoms with Crippen LogP contribution >= 0.6 is 0 Å². The summed E-state index contributed by atoms with van der Waals surface area (Å²) in [4.78, 5) is 45.2. The first kappa shape index (κ1) is 19.4. The summed E-state index contributed by atoms with van der Waals surface area (Å²) >= 11 is 0. The fourth-order valence-corrected chi connectivity index (χ4v) is 3.65. The zero-order chi connectivity index (χ0) is 19.6. The number of piperazine rings is 1. The standard InChI is InChI=1S/C19H29N5O3/c1-4-13(2)20-18(26)17-21-16(15-7-5-6-8-24(15)17)19(27)23-11-9-22(10-12-23)14(3)25/h13H,4-12H2,1-3H3,(H,20,26). The average molecular weight is 375 g/mol. The van der Waals surface area contributed by atoms with Gasteiger partial charge in [0.2, 0.25) is 5.91 Å². The van der Waals surface area contributed by atoms with E-state index in [1.807, 2.05) is 18.4 Å². The van der Waals surface area contributed by atoms with E-state index in [9.17, 15) is 14.4 Å². The summed E-state index contributed by atoms with van der Waals surface area (Å²) in [6, 6.07) is 0.0628. The molecule has 27 heavy (non-hydrogen) atoms. The number of hydrogen-bond acceptors (Lipinski definition) is 4. The second kappa shape index (κ2) is 8.10. The van der Waals surface area contributed by atoms with Crippen molar-refractivity contribution in [2.45, 2.75) is 59.0 Å². The summed E-state index contributed by atoms with van der Waals surface area (Å²) in [5.74, 6) is 0.0283. The Balaban J connectivity index is 1.82. The van der Waals surface area contributed by atoms with Crippen molar-refractivity contribution in [2.24, 2.45) is 0 Å². The van der Waals surface area contributed by atoms with E-state index in [0.29, 0.717) is 37.7 Å². The van der Waals surface area contributed by atoms with Crippen LogP contribution in [0, 0.1) is 0 Å². The van der Waals surface area contributed by atoms with E-state index in [-0.39, 0.29) is 23.8 Å². The van der Waals surface area contributed by atoms with Crippen LogP contribution in [-0.4, -0.2) is 69.3 Å². The first-order valence-corrected chi connectivity index (χ1v) is 9.87. The molecular formula is C19H29N5O3. The summed E-state index contributed by atoms with van der Waals surface area (Å²) in [7, 11) is 0. The minimum atomic E-state index is -0.215. The predicted octanol–water partition coefficient (Wildman–Crippen LogP) is 1.05. The summed E-state index contributed by atoms with van der Waals surface area (Å²) in [6.07, 6.45) is 3.58. The minimum absolute atomic E-state index is 0.0328. The Morgan fingerprint density at radius 3 is 2.37 bits per heavy atom. The number of aromatic nitrogens is 2. The van der Waals surface area contributed by atoms with Crippen LogP contribution < -0.4 is 5.32 Å². The van der Waals surface area contributed by atoms with Crippen LogP contribution in [0.4, 0.5) is 0 Å². The highest BCUT2D eigenvalue weighted by Gasteiger charge is 2.31. The molecule has 8 nitrogen and oxygen atoms in total. The Morgan fingerprint density at radius 2 is 1.74 bits per heavy atom. The van der Waals surface area contributed by atoms with E-state index >= 15 is 0 Å². The van der Waals surface area contributed by atoms with Gasteiger partial charge in [0.25, 0.3) is 11.8 Å². The smallest absolute Gasteiger partial charge is 0.287 e. The predicted molar refractivity (Wildman–Crippen MR) is 101 cm³/mol. The molecule has 0 bridgehead atoms. The highest BCUT2D eigenvalue weighted by molar-refractivity contribution is 5.97. The zero-order valence-electron chi connectivity index (χ0n) is 16.5. The molecule has 148 valence electrons. The van der Waals surface area contributed by atoms with E-state index < -0.39 is 0 Å². The van der Waals surface area contributed by atoms with Gasteiger partial charge in [-0.15, -0.1) is 0 Å². The maximum Gasteiger partial charge on any atom is 0.287 e. The molecule has 0 radical (unpaired) electrons. The van der Waals surface area contributed by atoms with Crippen LogP contribution in [0.3, 0.4) is 0 Å². The summed E-state index contributed by atoms with van der Waals surface area (Å²) in [5.41, 5.74) is 1.27. The molecule has 1 saturated heterocycles. The van der Waals surface area contributed by atoms with Gasteiger partial charge in [-0.3, -0.25) is 14.4 Å². The quantitative estimate of drug-likeness (QED) is 0.852. The molecule has 1 atom stereocenters. The maximum atomic E-state index is 13.1. The topological polar surface area (TPSA) is 87.5 Å². The van der Waals surface area contributed by atoms with Crippen LogP contribution in [-0.2, 0) is 17.8 Å². The van der Waals surface area contributed by atoms with Crippen molar-refractivity contribution in [2.75, 3.05) is 26.2 Å². The first-order chi connectivity index (χ1) is 12.9. The fourth-order valence-electron chi connectivity index (χ4n) is 3.65. The lowest BCUT2D eigenvalue weighted by Gasteiger charge is -2.34. The number of imidazole rings is 1. The first-order valence-electron chi connectivity index (χ1n) is 9.87. The van der Waals surface area contributed by atoms with Crippen molar-refractivity contribution in [3.05, 3.63) is 17.2 Å². The van der Waals surface area contributed by atoms with E-state index in [0.717, 1.165) is 37.9 Å². The minimum Gasteiger partial charge on any atom is -0.347 e. The molecule has 0 aliphatic carbocycles. The lowest BCUT2D eigenvalue weighted by molar-refractivity contribution is -0.130. The van der Waals surface area contributed by atoms with Gasteiger partial charge >= 0.3 is 0 Å². The van der Waals surface area contributed by atoms with E-state index in [1.54, 1.807) is 16.7 Å². The lowest BCUT2D eigenvalue weighted by Crippen LogP contribution is -2.50. The van der Waals surface area contributed by atoms with Gasteiger partial charge in [-0.1, -0.05) is 6.92 Å². The van der Waals surface area contributed by atoms with E-state index in [4.69, 9.17) is 0 Å². The van der Waals surface area contributed by atoms with Crippen LogP contribution in [0.2, 0.25) is 0 Å². The van der Waals surface area contributed by atoms with Crippen LogP contribution in [0.5, 0.6) is 0 Å². The monoisotopic (exact) mass is 375 g/mol. The molecule has 3 rings (SSSR count). The number of nitrogens with one attached hydrogen (secondary N) is 1. The molecular weight excluding hydrogens is 346 g/mol. The second-order valence-corrected chi connectivity index (χ2v) is 7.42. The molecule has 0 saturated carbocycles. The van der Waals surface area contributed by atoms with Crippen LogP contribution in [0.25, 0.3) is 0 Å². The Labute approximate surface area is 159 Å². The molecule has 1 aromatic heterocycles. The summed E-state index contributed by atoms with van der Waals surface area (Å²) < 4.78 is 1.92. The number of amides is 3. The molecule has 2 aliphatic rings. The molecule has 3 heterocycles. The number of rotatable bonds is 4. The van der Waals surface area contributed by atoms with Crippen molar-refractivity contribution in [1.82, 2.24) is 24.7 Å². The lowest BCUT2D eigenvalue weighted by atomic mass is 10.1. The zero-order valence-corrected chi connectivity index (χ0v) is 16.5. The normalized spacial score (nSPS) is 18.0. The highest BCUT2D eigenvalue weighted by atomic mass is 16.2. The van der Waals surface area contributed by atoms with E-state index in [2.05, 4.69) is 10.3 Å². The average Bonchev–Trinajstić information content (AvgIpc) is 3.07. The van der Waals surface area contributed by atoms with Crippen molar-refractivity contribution in [3.8, 4) is 0 Å². The highest BCUT2D eigenvalue weighted by Crippen LogP contribution is 2.23. The Kier molecular flexibility index (Phi) is 5.82. The number of carbonyl (C=O) groups is 3. The molecule has 1 N–H and O–H groups in total. The van der Waals surface area contributed by atoms with Gasteiger partial charge in [-0.05, 0) is 32.6 Å². The van der Waals surface area contributed by atoms with Gasteiger partial charge in [0, 0.05) is 45.7 Å². The summed E-state index contributed by atoms with van der Waals surface area (Å²) in [6.45, 7) is 8.32. The third-order valence-corrected chi connectivity index (χ3v) is 5.53. The largest absolute Gasteiger partial charge is 0.347 e. The fraction of sp³-hybridized carbons (Fsp3) is 0.684. The summed E-state index contributed by atoms with van der Waals surface area (Å²) in [5, 5.41) is 2.95. The van der Waals surface area contributed by atoms with Crippen molar-refractivity contribution >= 4 is 17.7 Å². The van der Waals surface area contributed by atoms with E-state index in [1.165, 1.54) is 0 Å². The molecule has 0 aromatic carbocycles. The molecule has 1 aromatic rings. The Hall–Kier alpha value is -2.38. The molecule has 8 heteroatoms. The SMILES string of the molecule is CCC(C)NC(=O)c1nc(C(=O)N2CCN(C(C)=O)CC2)c2n1CCCC2. The molecule has 2 aliphatic heterocycles. The Bertz CT molecular complexity index is 734. The van der Waals surface area contributed by atoms with Crippen molar-refractivity contribution < 1.29 is 14.4 Å². The molecule has 0 spiro atoms. The number of fused-ring (bicyclic) bond motifs is 1. The number of nitrogens with zero attached hydrogens (tertiary/aromatic N) is 4. The van der Waals surface area contributed by atoms with Crippen molar-refractivity contribution in [1.29, 1.82) is 0 Å². The molecule has 1 unspecified atom stereocenters. The van der Waals surface area contributed by atoms with Gasteiger partial charge in [0.1, 0.15) is 5.69 Å². The second-order valence-electron chi connectivity index (χ2n) is 7.42. The number of carbonyl (C=O) groups excluding carboxylic acids is 3. The molecule has 1 fully saturated rings. The maximum absolute atomic E-state index is 13.1. The van der Waals surface area contributed by atoms with Crippen LogP contribution in [0.1, 0.15) is 66.8 Å². The van der Waals surface area contributed by atoms with Gasteiger partial charge in [-0.25, -0.2) is 4.98 Å². The van der Waals surface area contributed by atoms with Crippen molar-refractivity contribution in [3.63, 3.8) is 0 Å². The Morgan fingerprint density at radius 1 is 1.07 bits per heavy atom. The third kappa shape index (κ3) is 3.99. The molecule has 3 amide bonds. The van der Waals surface area contributed by atoms with Gasteiger partial charge in [0.05, 0.1) is 5.69 Å². The van der Waals surface area contributed by atoms with Crippen LogP contribution in [0.15, 0.2) is 0 Å². The van der Waals surface area contributed by atoms with Gasteiger partial charge in [0.15, 0.2) is 5.82 Å².